The van der Waals surface area contributed by atoms with Gasteiger partial charge in [-0.15, -0.1) is 0 Å². The van der Waals surface area contributed by atoms with Gasteiger partial charge in [0, 0.05) is 66.1 Å². The summed E-state index contributed by atoms with van der Waals surface area (Å²) in [5.74, 6) is 0. The Balaban J connectivity index is 0.000000581. The summed E-state index contributed by atoms with van der Waals surface area (Å²) in [6, 6.07) is 0. The summed E-state index contributed by atoms with van der Waals surface area (Å²) < 4.78 is 58.9. The Kier molecular flexibility index (Phi) is 69.1. The standard InChI is InChI=1S/C29H56O6.C28H54O6.C19H40O4.C19H38O3.C18H36O3/c1-28(2,22-34-26-16-5-7-20-32-26)18-10-14-24(30)12-9-13-25(31)15-11-19-29(3,4)23-35-27-17-6-8-21-33-27;1-27(2,21-33-25-13-5-7-19-31-25)17-9-11-23(29)15-16-24(30)12-10-18-28(3,4)22-34-26-14-6-8-20-32-26;1-18(2,14-20)12-6-10-16(22)8-5-9-17(23)11-7-13-19(3,4)15-21;1-18(2,14-20)12-6-10-16-8-5-9-17(22-16)11-7-13-19(3,4)15-21;1-17(2,13-19)11-5-7-15-9-10-16(21-15)8-6-12-18(3,4)14-20/h24-27,30-31H,5-23H2,1-4H3;23-26,29-30H,5-22H2,1-4H3;16-17,20-23H,5-15H2,1-4H3;16-17,20-21H,5-15H2,1-4H3;15-16,19-20H,5-14H2,1-4H3. The Labute approximate surface area is 828 Å². The first-order valence-electron chi connectivity index (χ1n) is 55.5. The molecule has 0 aromatic carbocycles. The van der Waals surface area contributed by atoms with Crippen molar-refractivity contribution in [2.24, 2.45) is 54.1 Å². The van der Waals surface area contributed by atoms with Gasteiger partial charge in [0.1, 0.15) is 0 Å². The minimum atomic E-state index is -0.339. The molecule has 0 aromatic heterocycles. The summed E-state index contributed by atoms with van der Waals surface area (Å²) in [6.45, 7) is 50.4. The van der Waals surface area contributed by atoms with Crippen molar-refractivity contribution in [3.05, 3.63) is 0 Å². The second-order valence-electron chi connectivity index (χ2n) is 50.6. The van der Waals surface area contributed by atoms with Gasteiger partial charge < -0.3 is 109 Å². The van der Waals surface area contributed by atoms with Gasteiger partial charge in [0.2, 0.25) is 0 Å². The van der Waals surface area contributed by atoms with Crippen LogP contribution in [0.25, 0.3) is 0 Å². The molecule has 6 heterocycles. The first kappa shape index (κ1) is 130. The van der Waals surface area contributed by atoms with Crippen LogP contribution in [0.4, 0.5) is 0 Å². The minimum absolute atomic E-state index is 0.0319. The highest BCUT2D eigenvalue weighted by atomic mass is 16.7. The molecule has 6 saturated heterocycles. The van der Waals surface area contributed by atoms with Gasteiger partial charge in [-0.05, 0) is 343 Å². The van der Waals surface area contributed by atoms with E-state index in [2.05, 4.69) is 111 Å². The molecule has 808 valence electrons. The molecule has 0 radical (unpaired) electrons. The molecule has 12 N–H and O–H groups in total. The summed E-state index contributed by atoms with van der Waals surface area (Å²) in [6.07, 6.45) is 54.9. The Hall–Kier alpha value is -0.880. The quantitative estimate of drug-likeness (QED) is 0.0269. The van der Waals surface area contributed by atoms with E-state index in [0.717, 1.165) is 309 Å². The zero-order valence-electron chi connectivity index (χ0n) is 91.3. The fourth-order valence-corrected chi connectivity index (χ4v) is 18.6. The molecule has 0 saturated carbocycles. The van der Waals surface area contributed by atoms with E-state index < -0.39 is 0 Å². The topological polar surface area (TPSA) is 335 Å². The molecular weight excluding hydrogens is 1710 g/mol. The number of hydrogen-bond acceptors (Lipinski definition) is 22. The molecule has 0 spiro atoms. The van der Waals surface area contributed by atoms with E-state index in [1.165, 1.54) is 57.8 Å². The molecule has 0 aromatic rings. The van der Waals surface area contributed by atoms with Crippen LogP contribution in [-0.4, -0.2) is 240 Å². The fraction of sp³-hybridized carbons (Fsp3) is 1.00. The highest BCUT2D eigenvalue weighted by Gasteiger charge is 2.33. The van der Waals surface area contributed by atoms with Crippen molar-refractivity contribution in [1.82, 2.24) is 0 Å². The smallest absolute Gasteiger partial charge is 0.157 e. The van der Waals surface area contributed by atoms with Crippen molar-refractivity contribution < 1.29 is 109 Å². The average molecular weight is 1940 g/mol. The van der Waals surface area contributed by atoms with Crippen LogP contribution in [0, 0.1) is 54.1 Å². The molecular formula is C113H224O22. The predicted molar refractivity (Wildman–Crippen MR) is 550 cm³/mol. The van der Waals surface area contributed by atoms with Gasteiger partial charge >= 0.3 is 0 Å². The van der Waals surface area contributed by atoms with E-state index in [9.17, 15) is 61.3 Å². The summed E-state index contributed by atoms with van der Waals surface area (Å²) in [7, 11) is 0. The average Bonchev–Trinajstić information content (AvgIpc) is 1.84. The Morgan fingerprint density at radius 3 is 0.578 bits per heavy atom. The maximum atomic E-state index is 10.4. The lowest BCUT2D eigenvalue weighted by Gasteiger charge is -2.32. The van der Waals surface area contributed by atoms with Crippen LogP contribution in [0.2, 0.25) is 0 Å². The molecule has 0 amide bonds. The molecule has 14 atom stereocenters. The van der Waals surface area contributed by atoms with E-state index >= 15 is 0 Å². The van der Waals surface area contributed by atoms with Crippen molar-refractivity contribution >= 4 is 0 Å². The lowest BCUT2D eigenvalue weighted by atomic mass is 9.86. The Morgan fingerprint density at radius 1 is 0.207 bits per heavy atom. The number of rotatable bonds is 69. The summed E-state index contributed by atoms with van der Waals surface area (Å²) in [4.78, 5) is 0. The zero-order valence-corrected chi connectivity index (χ0v) is 91.3. The molecule has 6 rings (SSSR count). The molecule has 22 heteroatoms. The third-order valence-corrected chi connectivity index (χ3v) is 29.2. The minimum Gasteiger partial charge on any atom is -0.396 e. The SMILES string of the molecule is CC(C)(CCCC(O)CCC(O)CCCC(C)(C)COC1CCCCO1)COC1CCCCO1.CC(C)(CCCC(O)CCCC(O)CCCC(C)(C)COC1CCCCO1)COC1CCCCO1.CC(C)(CO)CCCC(O)CCCC(O)CCCC(C)(C)CO.CC(C)(CO)CCCC1CCC(CCCC(C)(C)CO)O1.CC(C)(CO)CCCC1CCCC(CCCC(C)(C)CO)O1. The second kappa shape index (κ2) is 71.6. The van der Waals surface area contributed by atoms with Crippen molar-refractivity contribution in [2.45, 2.75) is 578 Å². The monoisotopic (exact) mass is 1930 g/mol. The number of aliphatic hydroxyl groups excluding tert-OH is 12. The maximum absolute atomic E-state index is 10.4. The molecule has 0 bridgehead atoms. The maximum Gasteiger partial charge on any atom is 0.157 e. The first-order chi connectivity index (χ1) is 63.5. The van der Waals surface area contributed by atoms with Gasteiger partial charge in [-0.1, -0.05) is 203 Å². The Morgan fingerprint density at radius 2 is 0.385 bits per heavy atom. The van der Waals surface area contributed by atoms with Crippen molar-refractivity contribution in [1.29, 1.82) is 0 Å². The molecule has 14 unspecified atom stereocenters. The third kappa shape index (κ3) is 71.3. The van der Waals surface area contributed by atoms with Crippen LogP contribution >= 0.6 is 0 Å². The van der Waals surface area contributed by atoms with E-state index in [4.69, 9.17) is 47.4 Å². The van der Waals surface area contributed by atoms with Gasteiger partial charge in [-0.3, -0.25) is 0 Å². The van der Waals surface area contributed by atoms with Crippen molar-refractivity contribution in [2.75, 3.05) is 92.5 Å². The van der Waals surface area contributed by atoms with Crippen LogP contribution < -0.4 is 0 Å². The lowest BCUT2D eigenvalue weighted by molar-refractivity contribution is -0.177. The van der Waals surface area contributed by atoms with Crippen LogP contribution in [0.5, 0.6) is 0 Å². The number of ether oxygens (including phenoxy) is 10. The van der Waals surface area contributed by atoms with Gasteiger partial charge in [-0.25, -0.2) is 0 Å². The highest BCUT2D eigenvalue weighted by molar-refractivity contribution is 4.82. The predicted octanol–water partition coefficient (Wildman–Crippen LogP) is 23.8. The summed E-state index contributed by atoms with van der Waals surface area (Å²) >= 11 is 0. The summed E-state index contributed by atoms with van der Waals surface area (Å²) in [5.41, 5.74) is 0.434. The summed E-state index contributed by atoms with van der Waals surface area (Å²) in [5, 5.41) is 117. The van der Waals surface area contributed by atoms with Gasteiger partial charge in [0.25, 0.3) is 0 Å². The van der Waals surface area contributed by atoms with E-state index in [-0.39, 0.29) is 156 Å². The van der Waals surface area contributed by atoms with Crippen molar-refractivity contribution in [3.8, 4) is 0 Å². The first-order valence-corrected chi connectivity index (χ1v) is 55.5. The van der Waals surface area contributed by atoms with Crippen LogP contribution in [0.15, 0.2) is 0 Å². The van der Waals surface area contributed by atoms with E-state index in [1.54, 1.807) is 0 Å². The van der Waals surface area contributed by atoms with Gasteiger partial charge in [0.15, 0.2) is 25.2 Å². The molecule has 6 fully saturated rings. The van der Waals surface area contributed by atoms with Crippen molar-refractivity contribution in [3.63, 3.8) is 0 Å². The molecule has 6 aliphatic rings. The zero-order chi connectivity index (χ0) is 101. The largest absolute Gasteiger partial charge is 0.396 e. The van der Waals surface area contributed by atoms with Gasteiger partial charge in [-0.2, -0.15) is 0 Å². The molecule has 135 heavy (non-hydrogen) atoms. The van der Waals surface area contributed by atoms with Crippen LogP contribution in [0.1, 0.15) is 492 Å². The van der Waals surface area contributed by atoms with E-state index in [1.807, 2.05) is 27.7 Å². The molecule has 0 aliphatic carbocycles. The van der Waals surface area contributed by atoms with Crippen LogP contribution in [-0.2, 0) is 47.4 Å². The fourth-order valence-electron chi connectivity index (χ4n) is 18.6. The van der Waals surface area contributed by atoms with E-state index in [0.29, 0.717) is 63.7 Å². The van der Waals surface area contributed by atoms with Gasteiger partial charge in [0.05, 0.1) is 87.5 Å². The highest BCUT2D eigenvalue weighted by Crippen LogP contribution is 2.38. The Bertz CT molecular complexity index is 2560. The molecule has 22 nitrogen and oxygen atoms in total. The second-order valence-corrected chi connectivity index (χ2v) is 50.6. The lowest BCUT2D eigenvalue weighted by Crippen LogP contribution is -2.28. The van der Waals surface area contributed by atoms with Crippen LogP contribution in [0.3, 0.4) is 0 Å². The molecule has 6 aliphatic heterocycles. The normalized spacial score (nSPS) is 22.5. The number of aliphatic hydroxyl groups is 12. The number of hydrogen-bond donors (Lipinski definition) is 12. The third-order valence-electron chi connectivity index (χ3n) is 29.2.